The Morgan fingerprint density at radius 2 is 2.04 bits per heavy atom. The molecule has 0 saturated heterocycles. The number of benzene rings is 1. The van der Waals surface area contributed by atoms with Crippen molar-refractivity contribution in [3.05, 3.63) is 51.9 Å². The molecular formula is C22H25N3O2S. The molecule has 1 aliphatic carbocycles. The molecule has 0 aliphatic heterocycles. The molecular weight excluding hydrogens is 370 g/mol. The van der Waals surface area contributed by atoms with Crippen LogP contribution in [0.2, 0.25) is 0 Å². The van der Waals surface area contributed by atoms with Gasteiger partial charge in [0, 0.05) is 23.5 Å². The first-order valence-electron chi connectivity index (χ1n) is 9.90. The van der Waals surface area contributed by atoms with E-state index in [1.807, 2.05) is 42.2 Å². The second kappa shape index (κ2) is 7.87. The number of aryl methyl sites for hydroxylation is 1. The lowest BCUT2D eigenvalue weighted by Crippen LogP contribution is -2.38. The molecule has 0 N–H and O–H groups in total. The fourth-order valence-electron chi connectivity index (χ4n) is 3.65. The van der Waals surface area contributed by atoms with Gasteiger partial charge in [0.1, 0.15) is 11.4 Å². The van der Waals surface area contributed by atoms with E-state index in [0.717, 1.165) is 40.3 Å². The molecule has 0 unspecified atom stereocenters. The SMILES string of the molecule is CCCN(CC1CC1)C(=O)Cn1cnc2sc(C)c(-c3ccccc3)c2c1=O. The Kier molecular flexibility index (Phi) is 5.31. The maximum Gasteiger partial charge on any atom is 0.263 e. The van der Waals surface area contributed by atoms with Crippen LogP contribution in [0.1, 0.15) is 31.1 Å². The highest BCUT2D eigenvalue weighted by molar-refractivity contribution is 7.19. The fourth-order valence-corrected chi connectivity index (χ4v) is 4.65. The van der Waals surface area contributed by atoms with Crippen molar-refractivity contribution in [2.75, 3.05) is 13.1 Å². The van der Waals surface area contributed by atoms with E-state index in [2.05, 4.69) is 11.9 Å². The highest BCUT2D eigenvalue weighted by Crippen LogP contribution is 2.35. The van der Waals surface area contributed by atoms with Gasteiger partial charge in [0.2, 0.25) is 5.91 Å². The minimum Gasteiger partial charge on any atom is -0.341 e. The Morgan fingerprint density at radius 1 is 1.29 bits per heavy atom. The molecule has 1 fully saturated rings. The molecule has 6 heteroatoms. The van der Waals surface area contributed by atoms with Gasteiger partial charge in [-0.25, -0.2) is 4.98 Å². The Balaban J connectivity index is 1.69. The number of nitrogens with zero attached hydrogens (tertiary/aromatic N) is 3. The van der Waals surface area contributed by atoms with Gasteiger partial charge in [-0.05, 0) is 37.7 Å². The van der Waals surface area contributed by atoms with Gasteiger partial charge < -0.3 is 4.90 Å². The van der Waals surface area contributed by atoms with Crippen molar-refractivity contribution in [1.82, 2.24) is 14.5 Å². The average molecular weight is 396 g/mol. The summed E-state index contributed by atoms with van der Waals surface area (Å²) >= 11 is 1.53. The minimum absolute atomic E-state index is 0.00483. The number of carbonyl (C=O) groups is 1. The number of carbonyl (C=O) groups excluding carboxylic acids is 1. The third-order valence-corrected chi connectivity index (χ3v) is 6.26. The van der Waals surface area contributed by atoms with Crippen LogP contribution in [0.25, 0.3) is 21.3 Å². The van der Waals surface area contributed by atoms with Gasteiger partial charge in [0.25, 0.3) is 5.56 Å². The van der Waals surface area contributed by atoms with Crippen LogP contribution in [0.4, 0.5) is 0 Å². The van der Waals surface area contributed by atoms with Crippen molar-refractivity contribution in [3.8, 4) is 11.1 Å². The van der Waals surface area contributed by atoms with Crippen molar-refractivity contribution in [1.29, 1.82) is 0 Å². The molecule has 1 saturated carbocycles. The molecule has 146 valence electrons. The quantitative estimate of drug-likeness (QED) is 0.606. The molecule has 3 aromatic rings. The first kappa shape index (κ1) is 18.9. The minimum atomic E-state index is -0.135. The summed E-state index contributed by atoms with van der Waals surface area (Å²) < 4.78 is 1.47. The number of amides is 1. The van der Waals surface area contributed by atoms with Gasteiger partial charge >= 0.3 is 0 Å². The number of rotatable bonds is 7. The van der Waals surface area contributed by atoms with Gasteiger partial charge in [-0.2, -0.15) is 0 Å². The summed E-state index contributed by atoms with van der Waals surface area (Å²) in [4.78, 5) is 34.3. The van der Waals surface area contributed by atoms with Crippen LogP contribution < -0.4 is 5.56 Å². The Labute approximate surface area is 168 Å². The largest absolute Gasteiger partial charge is 0.341 e. The lowest BCUT2D eigenvalue weighted by Gasteiger charge is -2.22. The first-order valence-corrected chi connectivity index (χ1v) is 10.7. The molecule has 1 aliphatic rings. The molecule has 28 heavy (non-hydrogen) atoms. The van der Waals surface area contributed by atoms with Gasteiger partial charge in [-0.1, -0.05) is 37.3 Å². The van der Waals surface area contributed by atoms with Crippen LogP contribution in [-0.4, -0.2) is 33.4 Å². The zero-order chi connectivity index (χ0) is 19.7. The third kappa shape index (κ3) is 3.74. The molecule has 1 amide bonds. The number of hydrogen-bond donors (Lipinski definition) is 0. The van der Waals surface area contributed by atoms with Crippen LogP contribution >= 0.6 is 11.3 Å². The van der Waals surface area contributed by atoms with E-state index in [1.165, 1.54) is 35.1 Å². The molecule has 0 radical (unpaired) electrons. The number of fused-ring (bicyclic) bond motifs is 1. The maximum atomic E-state index is 13.2. The number of hydrogen-bond acceptors (Lipinski definition) is 4. The second-order valence-electron chi connectivity index (χ2n) is 7.54. The van der Waals surface area contributed by atoms with Crippen LogP contribution in [-0.2, 0) is 11.3 Å². The summed E-state index contributed by atoms with van der Waals surface area (Å²) in [5, 5.41) is 0.619. The van der Waals surface area contributed by atoms with E-state index in [0.29, 0.717) is 11.3 Å². The molecule has 4 rings (SSSR count). The fraction of sp³-hybridized carbons (Fsp3) is 0.409. The monoisotopic (exact) mass is 395 g/mol. The van der Waals surface area contributed by atoms with Crippen LogP contribution in [0.5, 0.6) is 0 Å². The predicted octanol–water partition coefficient (Wildman–Crippen LogP) is 4.08. The van der Waals surface area contributed by atoms with Crippen molar-refractivity contribution < 1.29 is 4.79 Å². The molecule has 2 heterocycles. The summed E-state index contributed by atoms with van der Waals surface area (Å²) in [6.45, 7) is 5.70. The van der Waals surface area contributed by atoms with E-state index in [1.54, 1.807) is 0 Å². The van der Waals surface area contributed by atoms with E-state index in [-0.39, 0.29) is 18.0 Å². The molecule has 2 aromatic heterocycles. The summed E-state index contributed by atoms with van der Waals surface area (Å²) in [6.07, 6.45) is 4.85. The lowest BCUT2D eigenvalue weighted by atomic mass is 10.0. The topological polar surface area (TPSA) is 55.2 Å². The molecule has 0 atom stereocenters. The van der Waals surface area contributed by atoms with Crippen LogP contribution in [0.3, 0.4) is 0 Å². The highest BCUT2D eigenvalue weighted by Gasteiger charge is 2.27. The maximum absolute atomic E-state index is 13.2. The van der Waals surface area contributed by atoms with Gasteiger partial charge in [-0.15, -0.1) is 11.3 Å². The lowest BCUT2D eigenvalue weighted by molar-refractivity contribution is -0.132. The van der Waals surface area contributed by atoms with Crippen molar-refractivity contribution in [2.24, 2.45) is 5.92 Å². The molecule has 0 bridgehead atoms. The Morgan fingerprint density at radius 3 is 2.71 bits per heavy atom. The van der Waals surface area contributed by atoms with Crippen LogP contribution in [0, 0.1) is 12.8 Å². The average Bonchev–Trinajstić information content (AvgIpc) is 3.44. The normalized spacial score (nSPS) is 13.8. The smallest absolute Gasteiger partial charge is 0.263 e. The Hall–Kier alpha value is -2.47. The van der Waals surface area contributed by atoms with Crippen molar-refractivity contribution in [3.63, 3.8) is 0 Å². The van der Waals surface area contributed by atoms with E-state index < -0.39 is 0 Å². The van der Waals surface area contributed by atoms with E-state index in [4.69, 9.17) is 0 Å². The summed E-state index contributed by atoms with van der Waals surface area (Å²) in [6, 6.07) is 9.92. The van der Waals surface area contributed by atoms with Gasteiger partial charge in [0.15, 0.2) is 0 Å². The number of thiophene rings is 1. The summed E-state index contributed by atoms with van der Waals surface area (Å²) in [7, 11) is 0. The van der Waals surface area contributed by atoms with Crippen LogP contribution in [0.15, 0.2) is 41.5 Å². The molecule has 5 nitrogen and oxygen atoms in total. The highest BCUT2D eigenvalue weighted by atomic mass is 32.1. The van der Waals surface area contributed by atoms with E-state index in [9.17, 15) is 9.59 Å². The second-order valence-corrected chi connectivity index (χ2v) is 8.74. The van der Waals surface area contributed by atoms with Crippen molar-refractivity contribution in [2.45, 2.75) is 39.7 Å². The Bertz CT molecular complexity index is 1050. The van der Waals surface area contributed by atoms with Gasteiger partial charge in [-0.3, -0.25) is 14.2 Å². The van der Waals surface area contributed by atoms with E-state index >= 15 is 0 Å². The predicted molar refractivity (Wildman–Crippen MR) is 114 cm³/mol. The van der Waals surface area contributed by atoms with Gasteiger partial charge in [0.05, 0.1) is 11.7 Å². The molecule has 0 spiro atoms. The number of aromatic nitrogens is 2. The third-order valence-electron chi connectivity index (χ3n) is 5.24. The summed E-state index contributed by atoms with van der Waals surface area (Å²) in [5.41, 5.74) is 1.81. The standard InChI is InChI=1S/C22H25N3O2S/c1-3-11-24(12-16-9-10-16)18(26)13-25-14-23-21-20(22(25)27)19(15(2)28-21)17-7-5-4-6-8-17/h4-8,14,16H,3,9-13H2,1-2H3. The first-order chi connectivity index (χ1) is 13.6. The van der Waals surface area contributed by atoms with Crippen molar-refractivity contribution >= 4 is 27.5 Å². The zero-order valence-electron chi connectivity index (χ0n) is 16.4. The zero-order valence-corrected chi connectivity index (χ0v) is 17.2. The molecule has 1 aromatic carbocycles. The summed E-state index contributed by atoms with van der Waals surface area (Å²) in [5.74, 6) is 0.641.